The van der Waals surface area contributed by atoms with E-state index in [-0.39, 0.29) is 18.6 Å². The van der Waals surface area contributed by atoms with Gasteiger partial charge in [-0.3, -0.25) is 0 Å². The minimum atomic E-state index is -0.479. The van der Waals surface area contributed by atoms with E-state index in [0.29, 0.717) is 64.0 Å². The van der Waals surface area contributed by atoms with Gasteiger partial charge in [-0.25, -0.2) is 9.59 Å². The zero-order chi connectivity index (χ0) is 28.9. The molecule has 41 heavy (non-hydrogen) atoms. The summed E-state index contributed by atoms with van der Waals surface area (Å²) in [5.74, 6) is 0.544. The molecule has 0 amide bonds. The molecule has 2 heterocycles. The van der Waals surface area contributed by atoms with Crippen LogP contribution in [0.4, 0.5) is 0 Å². The quantitative estimate of drug-likeness (QED) is 0.184. The Kier molecular flexibility index (Phi) is 11.3. The highest BCUT2D eigenvalue weighted by molar-refractivity contribution is 5.81. The van der Waals surface area contributed by atoms with Gasteiger partial charge in [-0.05, 0) is 24.3 Å². The molecule has 1 spiro atoms. The summed E-state index contributed by atoms with van der Waals surface area (Å²) in [6.07, 6.45) is 2.48. The molecule has 10 heteroatoms. The smallest absolute Gasteiger partial charge is 0.330 e. The Bertz CT molecular complexity index is 1030. The molecule has 2 aliphatic rings. The Balaban J connectivity index is 1.14. The minimum Gasteiger partial charge on any atom is -0.493 e. The molecule has 0 aliphatic carbocycles. The number of esters is 2. The van der Waals surface area contributed by atoms with Crippen LogP contribution in [0.25, 0.3) is 0 Å². The van der Waals surface area contributed by atoms with Crippen molar-refractivity contribution in [1.82, 2.24) is 0 Å². The Morgan fingerprint density at radius 1 is 0.659 bits per heavy atom. The normalized spacial score (nSPS) is 22.0. The zero-order valence-electron chi connectivity index (χ0n) is 23.0. The van der Waals surface area contributed by atoms with E-state index >= 15 is 0 Å². The van der Waals surface area contributed by atoms with Crippen molar-refractivity contribution >= 4 is 11.9 Å². The third-order valence-corrected chi connectivity index (χ3v) is 6.40. The predicted octanol–water partition coefficient (Wildman–Crippen LogP) is 4.46. The number of hydrogen-bond acceptors (Lipinski definition) is 10. The van der Waals surface area contributed by atoms with Crippen LogP contribution < -0.4 is 9.47 Å². The first-order valence-electron chi connectivity index (χ1n) is 13.5. The second kappa shape index (κ2) is 15.3. The molecule has 0 radical (unpaired) electrons. The van der Waals surface area contributed by atoms with E-state index in [1.54, 1.807) is 0 Å². The number of rotatable bonds is 14. The molecule has 0 saturated carbocycles. The molecular formula is C31H36O10. The molecule has 0 atom stereocenters. The van der Waals surface area contributed by atoms with Crippen molar-refractivity contribution in [3.8, 4) is 11.5 Å². The summed E-state index contributed by atoms with van der Waals surface area (Å²) in [5.41, 5.74) is 1.41. The molecule has 220 valence electrons. The van der Waals surface area contributed by atoms with Gasteiger partial charge < -0.3 is 37.9 Å². The SMILES string of the molecule is C=CC(=O)OCCCOc1ccc(C2OCC3(CO2)COC(c2ccc(OCCCOC(=O)C=C)cc2)OC3)cc1. The van der Waals surface area contributed by atoms with E-state index in [0.717, 1.165) is 23.3 Å². The van der Waals surface area contributed by atoms with Crippen molar-refractivity contribution in [2.24, 2.45) is 5.41 Å². The van der Waals surface area contributed by atoms with E-state index in [9.17, 15) is 9.59 Å². The monoisotopic (exact) mass is 568 g/mol. The fraction of sp³-hybridized carbons (Fsp3) is 0.419. The Hall–Kier alpha value is -3.70. The van der Waals surface area contributed by atoms with Gasteiger partial charge in [0.25, 0.3) is 0 Å². The summed E-state index contributed by atoms with van der Waals surface area (Å²) >= 11 is 0. The third kappa shape index (κ3) is 9.15. The second-order valence-corrected chi connectivity index (χ2v) is 9.69. The second-order valence-electron chi connectivity index (χ2n) is 9.69. The van der Waals surface area contributed by atoms with Gasteiger partial charge in [0, 0.05) is 36.1 Å². The van der Waals surface area contributed by atoms with E-state index in [4.69, 9.17) is 37.9 Å². The summed E-state index contributed by atoms with van der Waals surface area (Å²) in [7, 11) is 0. The lowest BCUT2D eigenvalue weighted by Gasteiger charge is -2.43. The van der Waals surface area contributed by atoms with E-state index in [1.165, 1.54) is 0 Å². The fourth-order valence-electron chi connectivity index (χ4n) is 4.14. The van der Waals surface area contributed by atoms with Gasteiger partial charge in [-0.15, -0.1) is 0 Å². The zero-order valence-corrected chi connectivity index (χ0v) is 23.0. The van der Waals surface area contributed by atoms with Crippen molar-refractivity contribution in [2.75, 3.05) is 52.9 Å². The summed E-state index contributed by atoms with van der Waals surface area (Å²) in [6.45, 7) is 9.92. The topological polar surface area (TPSA) is 108 Å². The van der Waals surface area contributed by atoms with Gasteiger partial charge in [-0.2, -0.15) is 0 Å². The highest BCUT2D eigenvalue weighted by atomic mass is 16.7. The van der Waals surface area contributed by atoms with E-state index in [1.807, 2.05) is 48.5 Å². The van der Waals surface area contributed by atoms with Crippen LogP contribution >= 0.6 is 0 Å². The molecule has 2 aromatic carbocycles. The predicted molar refractivity (Wildman–Crippen MR) is 147 cm³/mol. The first-order chi connectivity index (χ1) is 20.0. The highest BCUT2D eigenvalue weighted by Gasteiger charge is 2.42. The molecule has 0 N–H and O–H groups in total. The summed E-state index contributed by atoms with van der Waals surface area (Å²) in [6, 6.07) is 15.1. The summed E-state index contributed by atoms with van der Waals surface area (Å²) < 4.78 is 45.4. The maximum Gasteiger partial charge on any atom is 0.330 e. The first-order valence-corrected chi connectivity index (χ1v) is 13.5. The number of benzene rings is 2. The van der Waals surface area contributed by atoms with Crippen LogP contribution in [0, 0.1) is 5.41 Å². The van der Waals surface area contributed by atoms with Gasteiger partial charge in [0.2, 0.25) is 0 Å². The van der Waals surface area contributed by atoms with Gasteiger partial charge in [0.05, 0.1) is 58.3 Å². The Labute approximate surface area is 239 Å². The van der Waals surface area contributed by atoms with E-state index in [2.05, 4.69) is 13.2 Å². The molecule has 4 rings (SSSR count). The van der Waals surface area contributed by atoms with Crippen LogP contribution in [0.1, 0.15) is 36.5 Å². The van der Waals surface area contributed by atoms with Crippen LogP contribution in [0.15, 0.2) is 73.8 Å². The van der Waals surface area contributed by atoms with E-state index < -0.39 is 24.5 Å². The fourth-order valence-corrected chi connectivity index (χ4v) is 4.14. The average Bonchev–Trinajstić information content (AvgIpc) is 3.02. The van der Waals surface area contributed by atoms with Gasteiger partial charge in [0.15, 0.2) is 12.6 Å². The third-order valence-electron chi connectivity index (χ3n) is 6.40. The van der Waals surface area contributed by atoms with Crippen molar-refractivity contribution in [1.29, 1.82) is 0 Å². The molecule has 2 saturated heterocycles. The van der Waals surface area contributed by atoms with Crippen LogP contribution in [-0.2, 0) is 38.0 Å². The Morgan fingerprint density at radius 3 is 1.37 bits per heavy atom. The molecule has 2 fully saturated rings. The Morgan fingerprint density at radius 2 is 1.02 bits per heavy atom. The lowest BCUT2D eigenvalue weighted by molar-refractivity contribution is -0.307. The molecule has 0 unspecified atom stereocenters. The molecule has 0 bridgehead atoms. The molecule has 2 aromatic rings. The summed E-state index contributed by atoms with van der Waals surface area (Å²) in [4.78, 5) is 22.1. The maximum atomic E-state index is 11.0. The first kappa shape index (κ1) is 30.3. The largest absolute Gasteiger partial charge is 0.493 e. The molecule has 2 aliphatic heterocycles. The molecule has 10 nitrogen and oxygen atoms in total. The van der Waals surface area contributed by atoms with Crippen molar-refractivity contribution < 1.29 is 47.5 Å². The van der Waals surface area contributed by atoms with Crippen LogP contribution in [0.2, 0.25) is 0 Å². The lowest BCUT2D eigenvalue weighted by atomic mass is 9.90. The van der Waals surface area contributed by atoms with Gasteiger partial charge >= 0.3 is 11.9 Å². The number of hydrogen-bond donors (Lipinski definition) is 0. The van der Waals surface area contributed by atoms with Gasteiger partial charge in [-0.1, -0.05) is 37.4 Å². The summed E-state index contributed by atoms with van der Waals surface area (Å²) in [5, 5.41) is 0. The van der Waals surface area contributed by atoms with Crippen LogP contribution in [0.3, 0.4) is 0 Å². The average molecular weight is 569 g/mol. The van der Waals surface area contributed by atoms with Gasteiger partial charge in [0.1, 0.15) is 11.5 Å². The van der Waals surface area contributed by atoms with Crippen LogP contribution in [-0.4, -0.2) is 64.8 Å². The van der Waals surface area contributed by atoms with Crippen molar-refractivity contribution in [3.05, 3.63) is 85.0 Å². The minimum absolute atomic E-state index is 0.281. The van der Waals surface area contributed by atoms with Crippen LogP contribution in [0.5, 0.6) is 11.5 Å². The van der Waals surface area contributed by atoms with Crippen molar-refractivity contribution in [3.63, 3.8) is 0 Å². The number of carbonyl (C=O) groups excluding carboxylic acids is 2. The maximum absolute atomic E-state index is 11.0. The highest BCUT2D eigenvalue weighted by Crippen LogP contribution is 2.38. The van der Waals surface area contributed by atoms with Crippen molar-refractivity contribution in [2.45, 2.75) is 25.4 Å². The standard InChI is InChI=1S/C31H36O10/c1-3-27(32)36-17-5-15-34-25-11-7-23(8-12-25)29-38-19-31(20-39-29)21-40-30(41-22-31)24-9-13-26(14-10-24)35-16-6-18-37-28(33)4-2/h3-4,7-14,29-30H,1-2,5-6,15-22H2. The number of carbonyl (C=O) groups is 2. The lowest BCUT2D eigenvalue weighted by Crippen LogP contribution is -2.49. The molecular weight excluding hydrogens is 532 g/mol. The molecule has 0 aromatic heterocycles. The number of ether oxygens (including phenoxy) is 8.